The van der Waals surface area contributed by atoms with Crippen LogP contribution in [0.15, 0.2) is 24.3 Å². The Morgan fingerprint density at radius 1 is 1.30 bits per heavy atom. The number of hydrogen-bond donors (Lipinski definition) is 2. The zero-order chi connectivity index (χ0) is 15.1. The van der Waals surface area contributed by atoms with Gasteiger partial charge in [-0.2, -0.15) is 0 Å². The molecule has 4 nitrogen and oxygen atoms in total. The first-order chi connectivity index (χ1) is 9.45. The Morgan fingerprint density at radius 2 is 1.95 bits per heavy atom. The van der Waals surface area contributed by atoms with Gasteiger partial charge in [0, 0.05) is 17.6 Å². The van der Waals surface area contributed by atoms with Crippen molar-refractivity contribution < 1.29 is 9.53 Å². The SMILES string of the molecule is CCCC(C)NC(=O)C(C)Oc1ccccc1[C@@H](C)N. The van der Waals surface area contributed by atoms with E-state index in [0.29, 0.717) is 5.75 Å². The zero-order valence-electron chi connectivity index (χ0n) is 12.8. The van der Waals surface area contributed by atoms with E-state index in [-0.39, 0.29) is 18.0 Å². The maximum absolute atomic E-state index is 12.0. The van der Waals surface area contributed by atoms with Crippen LogP contribution >= 0.6 is 0 Å². The summed E-state index contributed by atoms with van der Waals surface area (Å²) in [5.74, 6) is 0.582. The van der Waals surface area contributed by atoms with Crippen molar-refractivity contribution in [2.75, 3.05) is 0 Å². The van der Waals surface area contributed by atoms with Gasteiger partial charge in [0.25, 0.3) is 5.91 Å². The summed E-state index contributed by atoms with van der Waals surface area (Å²) in [5.41, 5.74) is 6.82. The van der Waals surface area contributed by atoms with Crippen molar-refractivity contribution in [2.45, 2.75) is 58.7 Å². The largest absolute Gasteiger partial charge is 0.481 e. The fourth-order valence-corrected chi connectivity index (χ4v) is 2.07. The molecule has 0 aliphatic rings. The van der Waals surface area contributed by atoms with Gasteiger partial charge < -0.3 is 15.8 Å². The lowest BCUT2D eigenvalue weighted by Gasteiger charge is -2.20. The van der Waals surface area contributed by atoms with Gasteiger partial charge in [-0.1, -0.05) is 31.5 Å². The number of para-hydroxylation sites is 1. The predicted molar refractivity (Wildman–Crippen MR) is 81.6 cm³/mol. The highest BCUT2D eigenvalue weighted by Gasteiger charge is 2.18. The molecule has 0 heterocycles. The van der Waals surface area contributed by atoms with Crippen molar-refractivity contribution in [1.29, 1.82) is 0 Å². The fraction of sp³-hybridized carbons (Fsp3) is 0.562. The van der Waals surface area contributed by atoms with Gasteiger partial charge in [-0.3, -0.25) is 4.79 Å². The number of hydrogen-bond acceptors (Lipinski definition) is 3. The van der Waals surface area contributed by atoms with Crippen molar-refractivity contribution >= 4 is 5.91 Å². The first kappa shape index (κ1) is 16.5. The lowest BCUT2D eigenvalue weighted by Crippen LogP contribution is -2.41. The molecule has 0 aliphatic carbocycles. The van der Waals surface area contributed by atoms with E-state index in [1.54, 1.807) is 6.92 Å². The molecule has 112 valence electrons. The van der Waals surface area contributed by atoms with Crippen molar-refractivity contribution in [3.63, 3.8) is 0 Å². The normalized spacial score (nSPS) is 15.2. The van der Waals surface area contributed by atoms with E-state index in [2.05, 4.69) is 12.2 Å². The Balaban J connectivity index is 2.66. The number of carbonyl (C=O) groups is 1. The Hall–Kier alpha value is -1.55. The van der Waals surface area contributed by atoms with Gasteiger partial charge in [0.05, 0.1) is 0 Å². The summed E-state index contributed by atoms with van der Waals surface area (Å²) in [5, 5.41) is 2.95. The monoisotopic (exact) mass is 278 g/mol. The van der Waals surface area contributed by atoms with Crippen molar-refractivity contribution in [3.8, 4) is 5.75 Å². The Labute approximate surface area is 121 Å². The third-order valence-corrected chi connectivity index (χ3v) is 3.19. The molecule has 0 radical (unpaired) electrons. The number of amides is 1. The molecule has 20 heavy (non-hydrogen) atoms. The number of carbonyl (C=O) groups excluding carboxylic acids is 1. The highest BCUT2D eigenvalue weighted by atomic mass is 16.5. The molecule has 1 aromatic carbocycles. The van der Waals surface area contributed by atoms with Crippen LogP contribution in [0.25, 0.3) is 0 Å². The van der Waals surface area contributed by atoms with Gasteiger partial charge in [-0.05, 0) is 33.3 Å². The molecule has 4 heteroatoms. The van der Waals surface area contributed by atoms with Gasteiger partial charge in [0.15, 0.2) is 6.10 Å². The summed E-state index contributed by atoms with van der Waals surface area (Å²) in [4.78, 5) is 12.0. The second-order valence-corrected chi connectivity index (χ2v) is 5.28. The average molecular weight is 278 g/mol. The van der Waals surface area contributed by atoms with Gasteiger partial charge in [-0.25, -0.2) is 0 Å². The fourth-order valence-electron chi connectivity index (χ4n) is 2.07. The zero-order valence-corrected chi connectivity index (χ0v) is 12.8. The van der Waals surface area contributed by atoms with Gasteiger partial charge in [0.2, 0.25) is 0 Å². The predicted octanol–water partition coefficient (Wildman–Crippen LogP) is 2.78. The molecule has 1 rings (SSSR count). The molecule has 2 unspecified atom stereocenters. The summed E-state index contributed by atoms with van der Waals surface area (Å²) in [7, 11) is 0. The maximum atomic E-state index is 12.0. The van der Waals surface area contributed by atoms with E-state index < -0.39 is 6.10 Å². The Bertz CT molecular complexity index is 432. The van der Waals surface area contributed by atoms with Crippen molar-refractivity contribution in [2.24, 2.45) is 5.73 Å². The average Bonchev–Trinajstić information content (AvgIpc) is 2.39. The molecule has 3 N–H and O–H groups in total. The molecule has 0 bridgehead atoms. The number of benzene rings is 1. The lowest BCUT2D eigenvalue weighted by molar-refractivity contribution is -0.127. The van der Waals surface area contributed by atoms with Crippen LogP contribution in [0.3, 0.4) is 0 Å². The molecule has 3 atom stereocenters. The first-order valence-electron chi connectivity index (χ1n) is 7.27. The number of rotatable bonds is 7. The quantitative estimate of drug-likeness (QED) is 0.806. The first-order valence-corrected chi connectivity index (χ1v) is 7.27. The van der Waals surface area contributed by atoms with Crippen LogP contribution in [0.5, 0.6) is 5.75 Å². The van der Waals surface area contributed by atoms with E-state index in [9.17, 15) is 4.79 Å². The Kier molecular flexibility index (Phi) is 6.52. The van der Waals surface area contributed by atoms with Crippen LogP contribution in [-0.2, 0) is 4.79 Å². The van der Waals surface area contributed by atoms with Gasteiger partial charge in [0.1, 0.15) is 5.75 Å². The van der Waals surface area contributed by atoms with E-state index >= 15 is 0 Å². The van der Waals surface area contributed by atoms with Crippen LogP contribution in [-0.4, -0.2) is 18.1 Å². The maximum Gasteiger partial charge on any atom is 0.260 e. The van der Waals surface area contributed by atoms with Gasteiger partial charge in [-0.15, -0.1) is 0 Å². The number of nitrogens with two attached hydrogens (primary N) is 1. The van der Waals surface area contributed by atoms with Crippen LogP contribution in [0, 0.1) is 0 Å². The number of nitrogens with one attached hydrogen (secondary N) is 1. The molecule has 0 saturated carbocycles. The molecular formula is C16H26N2O2. The van der Waals surface area contributed by atoms with E-state index in [1.165, 1.54) is 0 Å². The summed E-state index contributed by atoms with van der Waals surface area (Å²) in [6.07, 6.45) is 1.48. The highest BCUT2D eigenvalue weighted by molar-refractivity contribution is 5.81. The summed E-state index contributed by atoms with van der Waals surface area (Å²) in [6.45, 7) is 7.76. The minimum absolute atomic E-state index is 0.0922. The minimum atomic E-state index is -0.533. The minimum Gasteiger partial charge on any atom is -0.481 e. The highest BCUT2D eigenvalue weighted by Crippen LogP contribution is 2.24. The van der Waals surface area contributed by atoms with Crippen LogP contribution < -0.4 is 15.8 Å². The van der Waals surface area contributed by atoms with Crippen LogP contribution in [0.2, 0.25) is 0 Å². The second kappa shape index (κ2) is 7.90. The third-order valence-electron chi connectivity index (χ3n) is 3.19. The van der Waals surface area contributed by atoms with E-state index in [0.717, 1.165) is 18.4 Å². The molecule has 0 aliphatic heterocycles. The van der Waals surface area contributed by atoms with Crippen LogP contribution in [0.1, 0.15) is 52.1 Å². The molecular weight excluding hydrogens is 252 g/mol. The van der Waals surface area contributed by atoms with E-state index in [4.69, 9.17) is 10.5 Å². The smallest absolute Gasteiger partial charge is 0.260 e. The van der Waals surface area contributed by atoms with Crippen molar-refractivity contribution in [3.05, 3.63) is 29.8 Å². The summed E-state index contributed by atoms with van der Waals surface area (Å²) < 4.78 is 5.76. The van der Waals surface area contributed by atoms with E-state index in [1.807, 2.05) is 38.1 Å². The molecule has 0 aromatic heterocycles. The third kappa shape index (κ3) is 4.85. The summed E-state index contributed by atoms with van der Waals surface area (Å²) >= 11 is 0. The second-order valence-electron chi connectivity index (χ2n) is 5.28. The van der Waals surface area contributed by atoms with Crippen LogP contribution in [0.4, 0.5) is 0 Å². The Morgan fingerprint density at radius 3 is 2.55 bits per heavy atom. The topological polar surface area (TPSA) is 64.3 Å². The molecule has 0 fully saturated rings. The summed E-state index contributed by atoms with van der Waals surface area (Å²) in [6, 6.07) is 7.61. The molecule has 1 amide bonds. The molecule has 1 aromatic rings. The number of ether oxygens (including phenoxy) is 1. The lowest BCUT2D eigenvalue weighted by atomic mass is 10.1. The molecule has 0 saturated heterocycles. The van der Waals surface area contributed by atoms with Crippen molar-refractivity contribution in [1.82, 2.24) is 5.32 Å². The molecule has 0 spiro atoms. The standard InChI is InChI=1S/C16H26N2O2/c1-5-8-11(2)18-16(19)13(4)20-15-10-7-6-9-14(15)12(3)17/h6-7,9-13H,5,8,17H2,1-4H3,(H,18,19)/t11?,12-,13?/m1/s1. The van der Waals surface area contributed by atoms with Gasteiger partial charge >= 0.3 is 0 Å².